The predicted octanol–water partition coefficient (Wildman–Crippen LogP) is 3.04. The van der Waals surface area contributed by atoms with Crippen LogP contribution < -0.4 is 16.8 Å². The lowest BCUT2D eigenvalue weighted by Gasteiger charge is -2.40. The van der Waals surface area contributed by atoms with E-state index in [-0.39, 0.29) is 18.1 Å². The molecule has 5 rings (SSSR count). The van der Waals surface area contributed by atoms with E-state index in [1.54, 1.807) is 30.5 Å². The summed E-state index contributed by atoms with van der Waals surface area (Å²) in [4.78, 5) is 19.1. The molecule has 0 aromatic heterocycles. The molecule has 0 spiro atoms. The zero-order valence-corrected chi connectivity index (χ0v) is 18.3. The third kappa shape index (κ3) is 3.76. The van der Waals surface area contributed by atoms with Crippen LogP contribution in [0.1, 0.15) is 48.2 Å². The van der Waals surface area contributed by atoms with Crippen LogP contribution in [0.3, 0.4) is 0 Å². The van der Waals surface area contributed by atoms with Crippen molar-refractivity contribution in [2.24, 2.45) is 16.6 Å². The fourth-order valence-corrected chi connectivity index (χ4v) is 4.35. The molecule has 2 aromatic rings. The Hall–Kier alpha value is -3.58. The van der Waals surface area contributed by atoms with Gasteiger partial charge >= 0.3 is 0 Å². The summed E-state index contributed by atoms with van der Waals surface area (Å²) in [6, 6.07) is 14.5. The van der Waals surface area contributed by atoms with E-state index in [1.165, 1.54) is 0 Å². The number of nitrogens with zero attached hydrogens (tertiary/aromatic N) is 2. The van der Waals surface area contributed by atoms with E-state index in [4.69, 9.17) is 11.5 Å². The maximum absolute atomic E-state index is 12.8. The second-order valence-electron chi connectivity index (χ2n) is 7.92. The van der Waals surface area contributed by atoms with E-state index < -0.39 is 0 Å². The summed E-state index contributed by atoms with van der Waals surface area (Å²) in [6.07, 6.45) is 4.82. The Balaban J connectivity index is 0.00000119. The lowest BCUT2D eigenvalue weighted by Crippen LogP contribution is -2.49. The van der Waals surface area contributed by atoms with Crippen LogP contribution in [-0.4, -0.2) is 33.9 Å². The van der Waals surface area contributed by atoms with E-state index in [0.29, 0.717) is 28.6 Å². The zero-order valence-electron chi connectivity index (χ0n) is 18.3. The number of rotatable bonds is 4. The van der Waals surface area contributed by atoms with Crippen LogP contribution >= 0.6 is 0 Å². The van der Waals surface area contributed by atoms with Gasteiger partial charge < -0.3 is 26.8 Å². The number of nitrogens with two attached hydrogens (primary N) is 2. The van der Waals surface area contributed by atoms with E-state index in [2.05, 4.69) is 15.2 Å². The van der Waals surface area contributed by atoms with Gasteiger partial charge in [-0.3, -0.25) is 4.79 Å². The van der Waals surface area contributed by atoms with Crippen molar-refractivity contribution in [3.8, 4) is 0 Å². The highest BCUT2D eigenvalue weighted by Gasteiger charge is 2.43. The Morgan fingerprint density at radius 2 is 1.84 bits per heavy atom. The van der Waals surface area contributed by atoms with Crippen LogP contribution in [-0.2, 0) is 0 Å². The number of aliphatic hydroxyl groups excluding tert-OH is 1. The molecule has 1 unspecified atom stereocenters. The van der Waals surface area contributed by atoms with E-state index in [1.807, 2.05) is 44.3 Å². The number of hydrogen-bond acceptors (Lipinski definition) is 7. The molecule has 1 fully saturated rings. The molecule has 1 atom stereocenters. The molecule has 2 aliphatic heterocycles. The molecule has 6 N–H and O–H groups in total. The summed E-state index contributed by atoms with van der Waals surface area (Å²) in [6.45, 7) is 4.00. The summed E-state index contributed by atoms with van der Waals surface area (Å²) in [5.74, 6) is 0.617. The van der Waals surface area contributed by atoms with Gasteiger partial charge in [0.2, 0.25) is 0 Å². The Kier molecular flexibility index (Phi) is 6.01. The van der Waals surface area contributed by atoms with Crippen molar-refractivity contribution in [2.75, 3.05) is 5.73 Å². The first-order valence-electron chi connectivity index (χ1n) is 11.0. The number of nitrogen functional groups attached to an aromatic ring is 1. The molecule has 0 bridgehead atoms. The Morgan fingerprint density at radius 3 is 2.50 bits per heavy atom. The number of aliphatic imine (C=N–C) groups is 1. The topological polar surface area (TPSA) is 117 Å². The summed E-state index contributed by atoms with van der Waals surface area (Å²) in [7, 11) is 0. The molecule has 3 aliphatic rings. The SMILES string of the molecule is CC.NC1=NC=CN2C1=C(c1ccc(C(=O)c3ccccc3)c(N)c1)NC2C1CC(O)C1. The minimum atomic E-state index is -0.247. The van der Waals surface area contributed by atoms with Crippen molar-refractivity contribution in [3.63, 3.8) is 0 Å². The third-order valence-corrected chi connectivity index (χ3v) is 5.99. The highest BCUT2D eigenvalue weighted by molar-refractivity contribution is 6.12. The average Bonchev–Trinajstić information content (AvgIpc) is 3.19. The number of carbonyl (C=O) groups is 1. The Morgan fingerprint density at radius 1 is 1.12 bits per heavy atom. The summed E-state index contributed by atoms with van der Waals surface area (Å²) < 4.78 is 0. The molecule has 2 heterocycles. The monoisotopic (exact) mass is 431 g/mol. The highest BCUT2D eigenvalue weighted by atomic mass is 16.3. The maximum Gasteiger partial charge on any atom is 0.195 e. The van der Waals surface area contributed by atoms with E-state index in [9.17, 15) is 9.90 Å². The number of carbonyl (C=O) groups excluding carboxylic acids is 1. The van der Waals surface area contributed by atoms with Crippen molar-refractivity contribution in [3.05, 3.63) is 83.3 Å². The molecule has 32 heavy (non-hydrogen) atoms. The number of hydrogen-bond donors (Lipinski definition) is 4. The van der Waals surface area contributed by atoms with Gasteiger partial charge in [0, 0.05) is 40.7 Å². The first-order chi connectivity index (χ1) is 15.5. The average molecular weight is 432 g/mol. The minimum absolute atomic E-state index is 0.00412. The minimum Gasteiger partial charge on any atom is -0.398 e. The van der Waals surface area contributed by atoms with Crippen LogP contribution in [0.25, 0.3) is 5.70 Å². The molecule has 0 radical (unpaired) electrons. The van der Waals surface area contributed by atoms with Crippen molar-refractivity contribution >= 4 is 23.0 Å². The summed E-state index contributed by atoms with van der Waals surface area (Å²) >= 11 is 0. The smallest absolute Gasteiger partial charge is 0.195 e. The normalized spacial score (nSPS) is 23.4. The Labute approximate surface area is 188 Å². The van der Waals surface area contributed by atoms with E-state index >= 15 is 0 Å². The van der Waals surface area contributed by atoms with Crippen LogP contribution in [0.5, 0.6) is 0 Å². The molecular formula is C25H29N5O2. The van der Waals surface area contributed by atoms with Gasteiger partial charge in [0.25, 0.3) is 0 Å². The first kappa shape index (κ1) is 21.6. The zero-order chi connectivity index (χ0) is 22.8. The predicted molar refractivity (Wildman–Crippen MR) is 127 cm³/mol. The number of nitrogens with one attached hydrogen (secondary N) is 1. The molecule has 0 amide bonds. The number of fused-ring (bicyclic) bond motifs is 1. The van der Waals surface area contributed by atoms with Gasteiger partial charge in [-0.1, -0.05) is 50.2 Å². The van der Waals surface area contributed by atoms with Gasteiger partial charge in [-0.05, 0) is 25.0 Å². The van der Waals surface area contributed by atoms with Gasteiger partial charge in [0.1, 0.15) is 17.7 Å². The van der Waals surface area contributed by atoms with Crippen LogP contribution in [0.15, 0.2) is 71.6 Å². The number of benzene rings is 2. The van der Waals surface area contributed by atoms with Crippen molar-refractivity contribution < 1.29 is 9.90 Å². The third-order valence-electron chi connectivity index (χ3n) is 5.99. The molecular weight excluding hydrogens is 402 g/mol. The quantitative estimate of drug-likeness (QED) is 0.437. The van der Waals surface area contributed by atoms with Gasteiger partial charge in [-0.25, -0.2) is 4.99 Å². The number of aliphatic hydroxyl groups is 1. The molecule has 166 valence electrons. The summed E-state index contributed by atoms with van der Waals surface area (Å²) in [5.41, 5.74) is 16.4. The molecule has 7 nitrogen and oxygen atoms in total. The molecule has 1 saturated carbocycles. The molecule has 2 aromatic carbocycles. The van der Waals surface area contributed by atoms with Crippen LogP contribution in [0, 0.1) is 5.92 Å². The fourth-order valence-electron chi connectivity index (χ4n) is 4.35. The number of anilines is 1. The summed E-state index contributed by atoms with van der Waals surface area (Å²) in [5, 5.41) is 13.3. The standard InChI is InChI=1S/C23H23N5O2.C2H6/c24-18-12-14(6-7-17(18)21(30)13-4-2-1-3-5-13)19-20-22(25)26-8-9-28(20)23(27-19)15-10-16(29)11-15;1-2/h1-9,12,15-16,23,27,29H,10-11,24H2,(H2,25,26);1-2H3. The molecule has 0 saturated heterocycles. The van der Waals surface area contributed by atoms with Crippen molar-refractivity contribution in [1.82, 2.24) is 10.2 Å². The number of amidine groups is 1. The van der Waals surface area contributed by atoms with Crippen LogP contribution in [0.2, 0.25) is 0 Å². The van der Waals surface area contributed by atoms with Crippen LogP contribution in [0.4, 0.5) is 5.69 Å². The van der Waals surface area contributed by atoms with E-state index in [0.717, 1.165) is 29.8 Å². The van der Waals surface area contributed by atoms with Crippen molar-refractivity contribution in [1.29, 1.82) is 0 Å². The molecule has 7 heteroatoms. The van der Waals surface area contributed by atoms with Gasteiger partial charge in [-0.15, -0.1) is 0 Å². The second-order valence-corrected chi connectivity index (χ2v) is 7.92. The largest absolute Gasteiger partial charge is 0.398 e. The Bertz CT molecular complexity index is 1100. The van der Waals surface area contributed by atoms with Gasteiger partial charge in [-0.2, -0.15) is 0 Å². The first-order valence-corrected chi connectivity index (χ1v) is 11.0. The van der Waals surface area contributed by atoms with Gasteiger partial charge in [0.05, 0.1) is 11.8 Å². The molecule has 1 aliphatic carbocycles. The second kappa shape index (κ2) is 8.88. The highest BCUT2D eigenvalue weighted by Crippen LogP contribution is 2.40. The van der Waals surface area contributed by atoms with Gasteiger partial charge in [0.15, 0.2) is 5.78 Å². The lowest BCUT2D eigenvalue weighted by atomic mass is 9.80. The maximum atomic E-state index is 12.8. The van der Waals surface area contributed by atoms with Crippen molar-refractivity contribution in [2.45, 2.75) is 39.0 Å². The number of ketones is 1. The lowest BCUT2D eigenvalue weighted by molar-refractivity contribution is 0.00849. The fraction of sp³-hybridized carbons (Fsp3) is 0.280.